The van der Waals surface area contributed by atoms with Crippen LogP contribution in [0.4, 0.5) is 0 Å². The molecule has 0 aliphatic heterocycles. The van der Waals surface area contributed by atoms with Crippen LogP contribution in [0.2, 0.25) is 0 Å². The van der Waals surface area contributed by atoms with Crippen LogP contribution in [0.3, 0.4) is 0 Å². The number of aliphatic hydroxyl groups is 1. The Morgan fingerprint density at radius 3 is 3.00 bits per heavy atom. The summed E-state index contributed by atoms with van der Waals surface area (Å²) in [7, 11) is 0. The summed E-state index contributed by atoms with van der Waals surface area (Å²) < 4.78 is 1.72. The van der Waals surface area contributed by atoms with Gasteiger partial charge in [0.2, 0.25) is 5.91 Å². The Kier molecular flexibility index (Phi) is 4.89. The van der Waals surface area contributed by atoms with E-state index in [9.17, 15) is 4.79 Å². The van der Waals surface area contributed by atoms with Crippen molar-refractivity contribution in [3.63, 3.8) is 0 Å². The van der Waals surface area contributed by atoms with Gasteiger partial charge < -0.3 is 15.0 Å². The molecule has 0 fully saturated rings. The molecule has 0 radical (unpaired) electrons. The van der Waals surface area contributed by atoms with Crippen LogP contribution in [-0.4, -0.2) is 48.8 Å². The van der Waals surface area contributed by atoms with Crippen LogP contribution in [0.15, 0.2) is 24.7 Å². The Hall–Kier alpha value is -2.15. The number of carbonyl (C=O) groups excluding carboxylic acids is 1. The lowest BCUT2D eigenvalue weighted by Gasteiger charge is -2.21. The molecule has 108 valence electrons. The van der Waals surface area contributed by atoms with Crippen molar-refractivity contribution < 1.29 is 9.90 Å². The number of H-pyrrole nitrogens is 1. The Morgan fingerprint density at radius 1 is 1.55 bits per heavy atom. The fourth-order valence-corrected chi connectivity index (χ4v) is 1.97. The minimum Gasteiger partial charge on any atom is -0.395 e. The summed E-state index contributed by atoms with van der Waals surface area (Å²) >= 11 is 0. The summed E-state index contributed by atoms with van der Waals surface area (Å²) in [5.74, 6) is 0.801. The van der Waals surface area contributed by atoms with Gasteiger partial charge in [-0.2, -0.15) is 5.10 Å². The first-order valence-electron chi connectivity index (χ1n) is 6.55. The standard InChI is InChI=1S/C13H19N5O2/c1-11-14-9-12(16-11)10-17(7-8-19)13(20)3-6-18-5-2-4-15-18/h2,4-5,9,19H,3,6-8,10H2,1H3,(H,14,16). The van der Waals surface area contributed by atoms with Gasteiger partial charge in [0.15, 0.2) is 0 Å². The molecule has 0 saturated heterocycles. The highest BCUT2D eigenvalue weighted by Gasteiger charge is 2.14. The molecular weight excluding hydrogens is 258 g/mol. The van der Waals surface area contributed by atoms with E-state index in [-0.39, 0.29) is 12.5 Å². The molecule has 0 aliphatic rings. The van der Waals surface area contributed by atoms with Crippen molar-refractivity contribution in [3.05, 3.63) is 36.2 Å². The summed E-state index contributed by atoms with van der Waals surface area (Å²) in [4.78, 5) is 21.0. The van der Waals surface area contributed by atoms with E-state index in [0.29, 0.717) is 26.1 Å². The fraction of sp³-hybridized carbons (Fsp3) is 0.462. The highest BCUT2D eigenvalue weighted by atomic mass is 16.3. The van der Waals surface area contributed by atoms with E-state index in [2.05, 4.69) is 15.1 Å². The largest absolute Gasteiger partial charge is 0.395 e. The number of nitrogens with zero attached hydrogens (tertiary/aromatic N) is 4. The Balaban J connectivity index is 1.91. The molecular formula is C13H19N5O2. The highest BCUT2D eigenvalue weighted by Crippen LogP contribution is 2.05. The summed E-state index contributed by atoms with van der Waals surface area (Å²) in [5, 5.41) is 13.1. The topological polar surface area (TPSA) is 87.0 Å². The predicted molar refractivity (Wildman–Crippen MR) is 72.7 cm³/mol. The third-order valence-corrected chi connectivity index (χ3v) is 2.95. The average molecular weight is 277 g/mol. The first-order chi connectivity index (χ1) is 9.69. The van der Waals surface area contributed by atoms with Gasteiger partial charge in [-0.3, -0.25) is 9.48 Å². The van der Waals surface area contributed by atoms with Crippen molar-refractivity contribution in [3.8, 4) is 0 Å². The normalized spacial score (nSPS) is 10.7. The van der Waals surface area contributed by atoms with Crippen molar-refractivity contribution in [2.24, 2.45) is 0 Å². The SMILES string of the molecule is Cc1ncc(CN(CCO)C(=O)CCn2cccn2)[nH]1. The van der Waals surface area contributed by atoms with Gasteiger partial charge in [-0.15, -0.1) is 0 Å². The van der Waals surface area contributed by atoms with Crippen LogP contribution < -0.4 is 0 Å². The molecule has 2 rings (SSSR count). The van der Waals surface area contributed by atoms with Crippen molar-refractivity contribution in [1.29, 1.82) is 0 Å². The van der Waals surface area contributed by atoms with Crippen LogP contribution in [0, 0.1) is 6.92 Å². The van der Waals surface area contributed by atoms with Gasteiger partial charge in [-0.05, 0) is 13.0 Å². The molecule has 0 spiro atoms. The minimum absolute atomic E-state index is 0.0122. The second-order valence-electron chi connectivity index (χ2n) is 4.55. The van der Waals surface area contributed by atoms with E-state index in [4.69, 9.17) is 5.11 Å². The van der Waals surface area contributed by atoms with Crippen molar-refractivity contribution in [1.82, 2.24) is 24.6 Å². The van der Waals surface area contributed by atoms with E-state index in [0.717, 1.165) is 11.5 Å². The zero-order chi connectivity index (χ0) is 14.4. The van der Waals surface area contributed by atoms with E-state index in [1.165, 1.54) is 0 Å². The third kappa shape index (κ3) is 3.92. The summed E-state index contributed by atoms with van der Waals surface area (Å²) in [6, 6.07) is 1.82. The van der Waals surface area contributed by atoms with E-state index in [1.54, 1.807) is 22.0 Å². The Labute approximate surface area is 117 Å². The second-order valence-corrected chi connectivity index (χ2v) is 4.55. The maximum Gasteiger partial charge on any atom is 0.224 e. The van der Waals surface area contributed by atoms with Crippen LogP contribution in [0.1, 0.15) is 17.9 Å². The fourth-order valence-electron chi connectivity index (χ4n) is 1.97. The third-order valence-electron chi connectivity index (χ3n) is 2.95. The van der Waals surface area contributed by atoms with E-state index >= 15 is 0 Å². The van der Waals surface area contributed by atoms with Crippen LogP contribution in [-0.2, 0) is 17.9 Å². The first-order valence-corrected chi connectivity index (χ1v) is 6.55. The lowest BCUT2D eigenvalue weighted by Crippen LogP contribution is -2.33. The van der Waals surface area contributed by atoms with Crippen LogP contribution in [0.5, 0.6) is 0 Å². The molecule has 2 heterocycles. The van der Waals surface area contributed by atoms with Gasteiger partial charge in [0, 0.05) is 31.9 Å². The Bertz CT molecular complexity index is 535. The van der Waals surface area contributed by atoms with Gasteiger partial charge in [0.25, 0.3) is 0 Å². The zero-order valence-electron chi connectivity index (χ0n) is 11.5. The lowest BCUT2D eigenvalue weighted by atomic mass is 10.3. The maximum absolute atomic E-state index is 12.2. The predicted octanol–water partition coefficient (Wildman–Crippen LogP) is 0.326. The average Bonchev–Trinajstić information content (AvgIpc) is 3.07. The smallest absolute Gasteiger partial charge is 0.224 e. The molecule has 0 aromatic carbocycles. The monoisotopic (exact) mass is 277 g/mol. The number of carbonyl (C=O) groups is 1. The number of rotatable bonds is 7. The second kappa shape index (κ2) is 6.85. The summed E-state index contributed by atoms with van der Waals surface area (Å²) in [6.45, 7) is 3.09. The number of amides is 1. The van der Waals surface area contributed by atoms with E-state index < -0.39 is 0 Å². The van der Waals surface area contributed by atoms with Gasteiger partial charge in [-0.1, -0.05) is 0 Å². The molecule has 1 amide bonds. The van der Waals surface area contributed by atoms with Crippen molar-refractivity contribution in [2.75, 3.05) is 13.2 Å². The van der Waals surface area contributed by atoms with Crippen molar-refractivity contribution >= 4 is 5.91 Å². The molecule has 0 saturated carbocycles. The molecule has 0 unspecified atom stereocenters. The number of imidazole rings is 1. The van der Waals surface area contributed by atoms with Gasteiger partial charge in [0.05, 0.1) is 25.0 Å². The number of aromatic nitrogens is 4. The molecule has 2 N–H and O–H groups in total. The molecule has 0 atom stereocenters. The van der Waals surface area contributed by atoms with Gasteiger partial charge >= 0.3 is 0 Å². The summed E-state index contributed by atoms with van der Waals surface area (Å²) in [6.07, 6.45) is 5.57. The number of aliphatic hydroxyl groups excluding tert-OH is 1. The molecule has 20 heavy (non-hydrogen) atoms. The van der Waals surface area contributed by atoms with Crippen LogP contribution >= 0.6 is 0 Å². The number of hydrogen-bond donors (Lipinski definition) is 2. The number of nitrogens with one attached hydrogen (secondary N) is 1. The number of hydrogen-bond acceptors (Lipinski definition) is 4. The quantitative estimate of drug-likeness (QED) is 0.763. The minimum atomic E-state index is -0.0549. The molecule has 2 aromatic heterocycles. The highest BCUT2D eigenvalue weighted by molar-refractivity contribution is 5.76. The molecule has 0 aliphatic carbocycles. The first kappa shape index (κ1) is 14.3. The van der Waals surface area contributed by atoms with Gasteiger partial charge in [0.1, 0.15) is 5.82 Å². The number of aromatic amines is 1. The van der Waals surface area contributed by atoms with Gasteiger partial charge in [-0.25, -0.2) is 4.98 Å². The molecule has 2 aromatic rings. The Morgan fingerprint density at radius 2 is 2.40 bits per heavy atom. The number of aryl methyl sites for hydroxylation is 2. The molecule has 7 heteroatoms. The van der Waals surface area contributed by atoms with Crippen molar-refractivity contribution in [2.45, 2.75) is 26.4 Å². The van der Waals surface area contributed by atoms with E-state index in [1.807, 2.05) is 19.2 Å². The zero-order valence-corrected chi connectivity index (χ0v) is 11.5. The lowest BCUT2D eigenvalue weighted by molar-refractivity contribution is -0.132. The van der Waals surface area contributed by atoms with Crippen LogP contribution in [0.25, 0.3) is 0 Å². The molecule has 0 bridgehead atoms. The summed E-state index contributed by atoms with van der Waals surface area (Å²) in [5.41, 5.74) is 0.864. The molecule has 7 nitrogen and oxygen atoms in total. The maximum atomic E-state index is 12.2.